The second-order valence-electron chi connectivity index (χ2n) is 24.4. The topological polar surface area (TPSA) is 353 Å². The van der Waals surface area contributed by atoms with Crippen molar-refractivity contribution in [3.63, 3.8) is 0 Å². The summed E-state index contributed by atoms with van der Waals surface area (Å²) in [7, 11) is 5.88. The molecule has 27 heteroatoms. The summed E-state index contributed by atoms with van der Waals surface area (Å²) in [6.45, 7) is 15.4. The minimum Gasteiger partial charge on any atom is -0.480 e. The standard InChI is InChI=1S/C65H100N6O21/c1-13-26-87-28-30-89-31-29-88-27-25-71-46(63(82)83)33-43-42(22-23-47(54(43)71)91-64-57(76)56(75)55(74)49(35-72)92-64)36-90-65(84)69(10)52(38(5)6)60(78)67-51(37(3)4)61(79)68(9)53(39(7)14-2)48(85-11)34-50(73)70-24-18-21-45(70)58(86-12)40(8)59(77)66-44(62(80)81)32-41-19-16-15-17-20-41/h15-17,19-20,22-23,33,37-40,44-45,48-49,51-53,55-58,64,72,74-76H,13-14,18,21,24-32,34-36H2,1-12H3,(H,66,77)(H,67,78)(H,80,81)(H,82,83)/t39?,40-,44?,45+,48-,49-,51+,52+,53+,55+,56+,57-,58-,64-/m1/s1. The molecule has 0 bridgehead atoms. The van der Waals surface area contributed by atoms with E-state index in [4.69, 9.17) is 37.9 Å². The smallest absolute Gasteiger partial charge is 0.410 e. The van der Waals surface area contributed by atoms with Crippen LogP contribution in [-0.2, 0) is 76.7 Å². The van der Waals surface area contributed by atoms with Gasteiger partial charge in [0.1, 0.15) is 60.6 Å². The second kappa shape index (κ2) is 36.8. The normalized spacial score (nSPS) is 21.0. The van der Waals surface area contributed by atoms with Crippen molar-refractivity contribution in [1.82, 2.24) is 29.9 Å². The highest BCUT2D eigenvalue weighted by molar-refractivity contribution is 5.98. The third-order valence-electron chi connectivity index (χ3n) is 17.3. The number of ether oxygens (including phenoxy) is 8. The zero-order valence-electron chi connectivity index (χ0n) is 55.3. The number of aliphatic hydroxyl groups is 4. The maximum absolute atomic E-state index is 14.9. The maximum Gasteiger partial charge on any atom is 0.410 e. The van der Waals surface area contributed by atoms with Gasteiger partial charge in [-0.15, -0.1) is 0 Å². The van der Waals surface area contributed by atoms with Crippen LogP contribution >= 0.6 is 0 Å². The summed E-state index contributed by atoms with van der Waals surface area (Å²) >= 11 is 0. The van der Waals surface area contributed by atoms with Crippen LogP contribution in [0.3, 0.4) is 0 Å². The van der Waals surface area contributed by atoms with E-state index >= 15 is 0 Å². The summed E-state index contributed by atoms with van der Waals surface area (Å²) in [4.78, 5) is 101. The van der Waals surface area contributed by atoms with Crippen LogP contribution in [0.15, 0.2) is 48.5 Å². The number of rotatable bonds is 38. The molecule has 14 atom stereocenters. The van der Waals surface area contributed by atoms with Gasteiger partial charge in [0.15, 0.2) is 0 Å². The minimum absolute atomic E-state index is 0.00745. The molecule has 1 aromatic heterocycles. The predicted octanol–water partition coefficient (Wildman–Crippen LogP) is 3.44. The Morgan fingerprint density at radius 3 is 2.00 bits per heavy atom. The molecule has 3 aromatic rings. The van der Waals surface area contributed by atoms with Crippen LogP contribution < -0.4 is 15.4 Å². The third-order valence-corrected chi connectivity index (χ3v) is 17.3. The maximum atomic E-state index is 14.9. The molecule has 5 amide bonds. The van der Waals surface area contributed by atoms with Gasteiger partial charge in [-0.25, -0.2) is 14.4 Å². The lowest BCUT2D eigenvalue weighted by Crippen LogP contribution is -2.60. The van der Waals surface area contributed by atoms with Gasteiger partial charge in [-0.1, -0.05) is 98.2 Å². The number of likely N-dealkylation sites (N-methyl/N-ethyl adjacent to an activating group) is 2. The van der Waals surface area contributed by atoms with Gasteiger partial charge in [0, 0.05) is 59.8 Å². The van der Waals surface area contributed by atoms with Gasteiger partial charge in [0.2, 0.25) is 29.9 Å². The number of nitrogens with zero attached hydrogens (tertiary/aromatic N) is 4. The van der Waals surface area contributed by atoms with Crippen molar-refractivity contribution in [2.75, 3.05) is 81.1 Å². The summed E-state index contributed by atoms with van der Waals surface area (Å²) in [6.07, 6.45) is -8.36. The molecular weight excluding hydrogens is 1200 g/mol. The molecule has 27 nitrogen and oxygen atoms in total. The fourth-order valence-corrected chi connectivity index (χ4v) is 12.1. The molecule has 2 unspecified atom stereocenters. The second-order valence-corrected chi connectivity index (χ2v) is 24.4. The highest BCUT2D eigenvalue weighted by Gasteiger charge is 2.47. The lowest BCUT2D eigenvalue weighted by Gasteiger charge is -2.41. The minimum atomic E-state index is -1.81. The number of carboxylic acid groups (broad SMARTS) is 2. The molecule has 2 aromatic carbocycles. The molecule has 2 saturated heterocycles. The number of hydrogen-bond acceptors (Lipinski definition) is 19. The molecule has 3 heterocycles. The molecule has 2 aliphatic heterocycles. The van der Waals surface area contributed by atoms with Crippen LogP contribution in [0.2, 0.25) is 0 Å². The van der Waals surface area contributed by atoms with Gasteiger partial charge < -0.3 is 93.5 Å². The average Bonchev–Trinajstić information content (AvgIpc) is 1.58. The Morgan fingerprint density at radius 2 is 1.42 bits per heavy atom. The third kappa shape index (κ3) is 19.8. The van der Waals surface area contributed by atoms with Gasteiger partial charge in [-0.2, -0.15) is 0 Å². The van der Waals surface area contributed by atoms with Crippen molar-refractivity contribution < 1.29 is 102 Å². The fourth-order valence-electron chi connectivity index (χ4n) is 12.1. The first kappa shape index (κ1) is 76.2. The number of benzene rings is 2. The Labute approximate surface area is 538 Å². The first-order valence-electron chi connectivity index (χ1n) is 31.8. The van der Waals surface area contributed by atoms with E-state index in [1.165, 1.54) is 48.9 Å². The first-order chi connectivity index (χ1) is 43.8. The Balaban J connectivity index is 1.32. The number of aromatic nitrogens is 1. The van der Waals surface area contributed by atoms with Crippen LogP contribution in [-0.4, -0.2) is 246 Å². The molecule has 8 N–H and O–H groups in total. The largest absolute Gasteiger partial charge is 0.480 e. The zero-order chi connectivity index (χ0) is 68.1. The lowest BCUT2D eigenvalue weighted by molar-refractivity contribution is -0.277. The van der Waals surface area contributed by atoms with Crippen LogP contribution in [0.1, 0.15) is 109 Å². The Hall–Kier alpha value is -6.53. The molecule has 0 spiro atoms. The van der Waals surface area contributed by atoms with E-state index < -0.39 is 140 Å². The molecule has 0 saturated carbocycles. The van der Waals surface area contributed by atoms with E-state index in [1.807, 2.05) is 26.8 Å². The number of aromatic carboxylic acids is 1. The molecule has 0 radical (unpaired) electrons. The van der Waals surface area contributed by atoms with Crippen molar-refractivity contribution in [3.05, 3.63) is 65.4 Å². The zero-order valence-corrected chi connectivity index (χ0v) is 55.3. The molecule has 0 aliphatic carbocycles. The van der Waals surface area contributed by atoms with E-state index in [2.05, 4.69) is 10.6 Å². The van der Waals surface area contributed by atoms with E-state index in [0.29, 0.717) is 45.6 Å². The van der Waals surface area contributed by atoms with Crippen LogP contribution in [0, 0.1) is 23.7 Å². The summed E-state index contributed by atoms with van der Waals surface area (Å²) in [5, 5.41) is 68.2. The Bertz CT molecular complexity index is 2860. The Kier molecular flexibility index (Phi) is 30.5. The van der Waals surface area contributed by atoms with Crippen LogP contribution in [0.4, 0.5) is 4.79 Å². The highest BCUT2D eigenvalue weighted by atomic mass is 16.7. The number of carbonyl (C=O) groups is 7. The lowest BCUT2D eigenvalue weighted by atomic mass is 9.89. The van der Waals surface area contributed by atoms with Crippen molar-refractivity contribution in [2.45, 2.75) is 180 Å². The van der Waals surface area contributed by atoms with E-state index in [-0.39, 0.29) is 78.9 Å². The van der Waals surface area contributed by atoms with Gasteiger partial charge >= 0.3 is 18.0 Å². The van der Waals surface area contributed by atoms with E-state index in [0.717, 1.165) is 16.9 Å². The van der Waals surface area contributed by atoms with Crippen molar-refractivity contribution >= 4 is 52.6 Å². The number of likely N-dealkylation sites (tertiary alicyclic amines) is 1. The Morgan fingerprint density at radius 1 is 0.772 bits per heavy atom. The molecule has 516 valence electrons. The average molecular weight is 1300 g/mol. The van der Waals surface area contributed by atoms with Gasteiger partial charge in [0.05, 0.1) is 81.8 Å². The molecule has 5 rings (SSSR count). The number of aliphatic hydroxyl groups excluding tert-OH is 4. The fraction of sp³-hybridized carbons (Fsp3) is 0.677. The highest BCUT2D eigenvalue weighted by Crippen LogP contribution is 2.36. The quantitative estimate of drug-likeness (QED) is 0.0381. The van der Waals surface area contributed by atoms with Gasteiger partial charge in [-0.3, -0.25) is 24.1 Å². The number of amides is 5. The van der Waals surface area contributed by atoms with Gasteiger partial charge in [0.25, 0.3) is 0 Å². The number of carboxylic acids is 2. The van der Waals surface area contributed by atoms with Crippen molar-refractivity contribution in [1.29, 1.82) is 0 Å². The SMILES string of the molecule is CCCOCCOCCOCCn1c(C(=O)O)cc2c(COC(=O)N(C)[C@H](C(=O)N[C@H](C(=O)N(C)[C@@H](C(C)CC)[C@@H](CC(=O)N3CCC[C@H]3[C@H](OC)[C@@H](C)C(=O)NC(Cc3ccccc3)C(=O)O)OC)C(C)C)C(C)C)ccc(O[C@@H]3O[C@H](CO)[C@H](O)[C@H](O)[C@H]3O)c21. The number of carbonyl (C=O) groups excluding carboxylic acids is 5. The summed E-state index contributed by atoms with van der Waals surface area (Å²) in [5.41, 5.74) is 0.937. The van der Waals surface area contributed by atoms with E-state index in [9.17, 15) is 64.2 Å². The van der Waals surface area contributed by atoms with Gasteiger partial charge in [-0.05, 0) is 60.3 Å². The number of methoxy groups -OCH3 is 2. The van der Waals surface area contributed by atoms with Crippen molar-refractivity contribution in [3.8, 4) is 5.75 Å². The first-order valence-corrected chi connectivity index (χ1v) is 31.8. The molecule has 92 heavy (non-hydrogen) atoms. The van der Waals surface area contributed by atoms with E-state index in [1.54, 1.807) is 70.8 Å². The number of hydrogen-bond donors (Lipinski definition) is 8. The van der Waals surface area contributed by atoms with Crippen LogP contribution in [0.25, 0.3) is 10.9 Å². The molecular formula is C65H100N6O21. The molecule has 2 aliphatic rings. The van der Waals surface area contributed by atoms with Crippen molar-refractivity contribution in [2.24, 2.45) is 23.7 Å². The number of fused-ring (bicyclic) bond motifs is 1. The predicted molar refractivity (Wildman–Crippen MR) is 335 cm³/mol. The summed E-state index contributed by atoms with van der Waals surface area (Å²) in [5.74, 6) is -6.68. The number of aliphatic carboxylic acids is 1. The number of nitrogens with one attached hydrogen (secondary N) is 2. The van der Waals surface area contributed by atoms with Crippen LogP contribution in [0.5, 0.6) is 5.75 Å². The monoisotopic (exact) mass is 1300 g/mol. The summed E-state index contributed by atoms with van der Waals surface area (Å²) < 4.78 is 47.8. The summed E-state index contributed by atoms with van der Waals surface area (Å²) in [6, 6.07) is 8.42. The molecule has 2 fully saturated rings.